The van der Waals surface area contributed by atoms with Gasteiger partial charge in [-0.05, 0) is 42.5 Å². The number of aliphatic hydroxyl groups excluding tert-OH is 1. The molecule has 5 nitrogen and oxygen atoms in total. The fraction of sp³-hybridized carbons (Fsp3) is 0.333. The third-order valence-electron chi connectivity index (χ3n) is 4.51. The van der Waals surface area contributed by atoms with Crippen LogP contribution in [0.25, 0.3) is 0 Å². The van der Waals surface area contributed by atoms with Gasteiger partial charge in [0.15, 0.2) is 12.4 Å². The van der Waals surface area contributed by atoms with Crippen LogP contribution in [0.2, 0.25) is 0 Å². The molecule has 1 saturated heterocycles. The van der Waals surface area contributed by atoms with Crippen molar-refractivity contribution in [3.8, 4) is 0 Å². The predicted octanol–water partition coefficient (Wildman–Crippen LogP) is 2.04. The van der Waals surface area contributed by atoms with E-state index in [1.54, 1.807) is 29.2 Å². The van der Waals surface area contributed by atoms with E-state index in [0.717, 1.165) is 0 Å². The molecule has 1 amide bonds. The van der Waals surface area contributed by atoms with Crippen molar-refractivity contribution in [2.24, 2.45) is 5.92 Å². The predicted molar refractivity (Wildman–Crippen MR) is 85.4 cm³/mol. The van der Waals surface area contributed by atoms with Gasteiger partial charge in [0, 0.05) is 19.2 Å². The number of nitrogens with zero attached hydrogens (tertiary/aromatic N) is 2. The zero-order valence-electron chi connectivity index (χ0n) is 13.1. The third-order valence-corrected chi connectivity index (χ3v) is 4.51. The van der Waals surface area contributed by atoms with Crippen LogP contribution in [0.1, 0.15) is 34.9 Å². The fourth-order valence-corrected chi connectivity index (χ4v) is 3.11. The number of aliphatic hydroxyl groups is 1. The van der Waals surface area contributed by atoms with E-state index in [1.165, 1.54) is 24.5 Å². The molecular weight excluding hydrogens is 311 g/mol. The van der Waals surface area contributed by atoms with E-state index in [0.29, 0.717) is 41.8 Å². The van der Waals surface area contributed by atoms with Crippen LogP contribution in [-0.4, -0.2) is 29.0 Å². The molecule has 1 aliphatic rings. The Bertz CT molecular complexity index is 712. The summed E-state index contributed by atoms with van der Waals surface area (Å²) in [5, 5.41) is 21.7. The number of benzene rings is 1. The maximum atomic E-state index is 13.0. The molecule has 2 aromatic rings. The summed E-state index contributed by atoms with van der Waals surface area (Å²) in [6.07, 6.45) is 3.26. The molecular formula is C18H19FN2O3. The van der Waals surface area contributed by atoms with Crippen molar-refractivity contribution < 1.29 is 19.0 Å². The highest BCUT2D eigenvalue weighted by atomic mass is 19.1. The minimum absolute atomic E-state index is 0.0275. The molecule has 1 aromatic heterocycles. The van der Waals surface area contributed by atoms with E-state index in [4.69, 9.17) is 0 Å². The first-order valence-corrected chi connectivity index (χ1v) is 7.96. The van der Waals surface area contributed by atoms with Crippen molar-refractivity contribution in [3.63, 3.8) is 0 Å². The number of piperidine rings is 1. The van der Waals surface area contributed by atoms with Gasteiger partial charge in [-0.1, -0.05) is 12.1 Å². The Balaban J connectivity index is 1.61. The SMILES string of the molecule is O=C(c1ccc[n+]([O-])c1)N1CCC(C(O)c2ccc(F)cc2)CC1. The van der Waals surface area contributed by atoms with Crippen LogP contribution in [0.5, 0.6) is 0 Å². The highest BCUT2D eigenvalue weighted by molar-refractivity contribution is 5.93. The van der Waals surface area contributed by atoms with Crippen LogP contribution in [-0.2, 0) is 0 Å². The number of hydrogen-bond donors (Lipinski definition) is 1. The molecule has 24 heavy (non-hydrogen) atoms. The molecule has 1 N–H and O–H groups in total. The Morgan fingerprint density at radius 1 is 1.25 bits per heavy atom. The molecule has 1 fully saturated rings. The van der Waals surface area contributed by atoms with E-state index in [2.05, 4.69) is 0 Å². The quantitative estimate of drug-likeness (QED) is 0.692. The van der Waals surface area contributed by atoms with Crippen molar-refractivity contribution in [2.75, 3.05) is 13.1 Å². The van der Waals surface area contributed by atoms with Crippen molar-refractivity contribution in [1.29, 1.82) is 0 Å². The molecule has 1 atom stereocenters. The second kappa shape index (κ2) is 6.97. The Morgan fingerprint density at radius 2 is 1.92 bits per heavy atom. The average Bonchev–Trinajstić information content (AvgIpc) is 2.61. The zero-order chi connectivity index (χ0) is 17.1. The normalized spacial score (nSPS) is 16.8. The number of pyridine rings is 1. The van der Waals surface area contributed by atoms with Crippen LogP contribution in [0, 0.1) is 16.9 Å². The van der Waals surface area contributed by atoms with E-state index in [9.17, 15) is 19.5 Å². The second-order valence-electron chi connectivity index (χ2n) is 6.08. The first-order chi connectivity index (χ1) is 11.5. The van der Waals surface area contributed by atoms with Crippen molar-refractivity contribution in [1.82, 2.24) is 4.90 Å². The number of carbonyl (C=O) groups excluding carboxylic acids is 1. The standard InChI is InChI=1S/C18H19FN2O3/c19-16-5-3-13(4-6-16)17(22)14-7-10-20(11-8-14)18(23)15-2-1-9-21(24)12-15/h1-6,9,12,14,17,22H,7-8,10-11H2. The lowest BCUT2D eigenvalue weighted by Gasteiger charge is -2.34. The number of halogens is 1. The van der Waals surface area contributed by atoms with Crippen LogP contribution < -0.4 is 4.73 Å². The van der Waals surface area contributed by atoms with Gasteiger partial charge in [0.25, 0.3) is 5.91 Å². The Morgan fingerprint density at radius 3 is 2.54 bits per heavy atom. The summed E-state index contributed by atoms with van der Waals surface area (Å²) >= 11 is 0. The van der Waals surface area contributed by atoms with Gasteiger partial charge in [-0.15, -0.1) is 0 Å². The van der Waals surface area contributed by atoms with E-state index in [-0.39, 0.29) is 17.6 Å². The topological polar surface area (TPSA) is 67.5 Å². The highest BCUT2D eigenvalue weighted by Gasteiger charge is 2.29. The summed E-state index contributed by atoms with van der Waals surface area (Å²) in [6.45, 7) is 1.05. The van der Waals surface area contributed by atoms with Gasteiger partial charge in [0.1, 0.15) is 11.4 Å². The number of carbonyl (C=O) groups is 1. The molecule has 0 spiro atoms. The van der Waals surface area contributed by atoms with Gasteiger partial charge in [-0.2, -0.15) is 4.73 Å². The van der Waals surface area contributed by atoms with E-state index >= 15 is 0 Å². The smallest absolute Gasteiger partial charge is 0.259 e. The molecule has 1 aliphatic heterocycles. The fourth-order valence-electron chi connectivity index (χ4n) is 3.11. The van der Waals surface area contributed by atoms with Crippen LogP contribution in [0.15, 0.2) is 48.8 Å². The molecule has 0 bridgehead atoms. The minimum Gasteiger partial charge on any atom is -0.619 e. The minimum atomic E-state index is -0.664. The molecule has 0 radical (unpaired) electrons. The Labute approximate surface area is 139 Å². The second-order valence-corrected chi connectivity index (χ2v) is 6.08. The Hall–Kier alpha value is -2.47. The molecule has 3 rings (SSSR count). The lowest BCUT2D eigenvalue weighted by Crippen LogP contribution is -2.40. The lowest BCUT2D eigenvalue weighted by molar-refractivity contribution is -0.605. The van der Waals surface area contributed by atoms with Gasteiger partial charge in [-0.25, -0.2) is 4.39 Å². The molecule has 0 aliphatic carbocycles. The maximum absolute atomic E-state index is 13.0. The van der Waals surface area contributed by atoms with E-state index < -0.39 is 6.10 Å². The highest BCUT2D eigenvalue weighted by Crippen LogP contribution is 2.31. The summed E-state index contributed by atoms with van der Waals surface area (Å²) in [7, 11) is 0. The first-order valence-electron chi connectivity index (χ1n) is 7.96. The van der Waals surface area contributed by atoms with Crippen LogP contribution in [0.3, 0.4) is 0 Å². The zero-order valence-corrected chi connectivity index (χ0v) is 13.1. The van der Waals surface area contributed by atoms with Gasteiger partial charge in [0.2, 0.25) is 0 Å². The first kappa shape index (κ1) is 16.4. The molecule has 0 saturated carbocycles. The maximum Gasteiger partial charge on any atom is 0.259 e. The van der Waals surface area contributed by atoms with E-state index in [1.807, 2.05) is 0 Å². The molecule has 6 heteroatoms. The molecule has 2 heterocycles. The van der Waals surface area contributed by atoms with Crippen molar-refractivity contribution >= 4 is 5.91 Å². The van der Waals surface area contributed by atoms with Crippen LogP contribution >= 0.6 is 0 Å². The third kappa shape index (κ3) is 3.54. The van der Waals surface area contributed by atoms with Crippen molar-refractivity contribution in [2.45, 2.75) is 18.9 Å². The molecule has 1 unspecified atom stereocenters. The lowest BCUT2D eigenvalue weighted by atomic mass is 9.87. The summed E-state index contributed by atoms with van der Waals surface area (Å²) < 4.78 is 13.6. The molecule has 126 valence electrons. The summed E-state index contributed by atoms with van der Waals surface area (Å²) in [4.78, 5) is 14.1. The summed E-state index contributed by atoms with van der Waals surface area (Å²) in [5.74, 6) is -0.473. The number of amides is 1. The van der Waals surface area contributed by atoms with Gasteiger partial charge in [-0.3, -0.25) is 4.79 Å². The number of aromatic nitrogens is 1. The van der Waals surface area contributed by atoms with Gasteiger partial charge in [0.05, 0.1) is 6.10 Å². The summed E-state index contributed by atoms with van der Waals surface area (Å²) in [5.41, 5.74) is 1.06. The largest absolute Gasteiger partial charge is 0.619 e. The van der Waals surface area contributed by atoms with Crippen LogP contribution in [0.4, 0.5) is 4.39 Å². The van der Waals surface area contributed by atoms with Crippen molar-refractivity contribution in [3.05, 3.63) is 70.9 Å². The Kier molecular flexibility index (Phi) is 4.76. The number of likely N-dealkylation sites (tertiary alicyclic amines) is 1. The number of hydrogen-bond acceptors (Lipinski definition) is 3. The monoisotopic (exact) mass is 330 g/mol. The average molecular weight is 330 g/mol. The number of rotatable bonds is 3. The summed E-state index contributed by atoms with van der Waals surface area (Å²) in [6, 6.07) is 9.03. The van der Waals surface area contributed by atoms with Gasteiger partial charge < -0.3 is 15.2 Å². The molecule has 1 aromatic carbocycles. The van der Waals surface area contributed by atoms with Gasteiger partial charge >= 0.3 is 0 Å².